The lowest BCUT2D eigenvalue weighted by Gasteiger charge is -2.30. The first kappa shape index (κ1) is 19.8. The first-order valence-electron chi connectivity index (χ1n) is 9.72. The molecule has 0 saturated heterocycles. The zero-order valence-electron chi connectivity index (χ0n) is 16.9. The van der Waals surface area contributed by atoms with Crippen molar-refractivity contribution in [1.29, 1.82) is 0 Å². The van der Waals surface area contributed by atoms with E-state index in [1.54, 1.807) is 43.4 Å². The van der Waals surface area contributed by atoms with Crippen LogP contribution in [0.25, 0.3) is 0 Å². The molecule has 1 atom stereocenters. The molecule has 8 heteroatoms. The van der Waals surface area contributed by atoms with Crippen LogP contribution in [0.15, 0.2) is 36.4 Å². The van der Waals surface area contributed by atoms with Gasteiger partial charge in [0.2, 0.25) is 11.8 Å². The molecule has 3 amide bonds. The van der Waals surface area contributed by atoms with E-state index < -0.39 is 11.9 Å². The normalized spacial score (nSPS) is 17.8. The number of fused-ring (bicyclic) bond motifs is 2. The summed E-state index contributed by atoms with van der Waals surface area (Å²) in [5.74, 6) is 0.307. The van der Waals surface area contributed by atoms with E-state index in [-0.39, 0.29) is 18.2 Å². The number of carbonyl (C=O) groups excluding carboxylic acids is 3. The second-order valence-electron chi connectivity index (χ2n) is 7.31. The van der Waals surface area contributed by atoms with Crippen molar-refractivity contribution in [2.45, 2.75) is 25.4 Å². The van der Waals surface area contributed by atoms with Gasteiger partial charge in [0.1, 0.15) is 6.04 Å². The Bertz CT molecular complexity index is 1020. The van der Waals surface area contributed by atoms with Crippen LogP contribution in [0.2, 0.25) is 0 Å². The van der Waals surface area contributed by atoms with E-state index >= 15 is 0 Å². The molecule has 156 valence electrons. The van der Waals surface area contributed by atoms with Crippen LogP contribution in [0.4, 0.5) is 5.69 Å². The van der Waals surface area contributed by atoms with E-state index in [2.05, 4.69) is 10.6 Å². The lowest BCUT2D eigenvalue weighted by molar-refractivity contribution is -0.134. The van der Waals surface area contributed by atoms with Gasteiger partial charge in [0, 0.05) is 13.1 Å². The largest absolute Gasteiger partial charge is 0.493 e. The topological polar surface area (TPSA) is 97.0 Å². The molecular formula is C22H23N3O5. The number of amides is 3. The number of carbonyl (C=O) groups is 3. The maximum Gasteiger partial charge on any atom is 0.254 e. The Morgan fingerprint density at radius 3 is 2.53 bits per heavy atom. The van der Waals surface area contributed by atoms with Crippen molar-refractivity contribution >= 4 is 23.4 Å². The summed E-state index contributed by atoms with van der Waals surface area (Å²) in [5, 5.41) is 5.40. The molecule has 2 aromatic rings. The highest BCUT2D eigenvalue weighted by Crippen LogP contribution is 2.33. The molecule has 0 aliphatic carbocycles. The van der Waals surface area contributed by atoms with Crippen LogP contribution in [0.5, 0.6) is 11.5 Å². The minimum atomic E-state index is -0.927. The van der Waals surface area contributed by atoms with Crippen LogP contribution in [-0.4, -0.2) is 49.4 Å². The van der Waals surface area contributed by atoms with Gasteiger partial charge >= 0.3 is 0 Å². The third kappa shape index (κ3) is 3.68. The van der Waals surface area contributed by atoms with Crippen LogP contribution in [0.3, 0.4) is 0 Å². The summed E-state index contributed by atoms with van der Waals surface area (Å²) in [6.45, 7) is 0.945. The standard InChI is InChI=1S/C22H23N3O5/c1-29-18-9-13-7-8-25(12-14(13)10-19(18)30-2)20(26)11-17-22(28)23-16-6-4-3-5-15(16)21(27)24-17/h3-6,9-10,17H,7-8,11-12H2,1-2H3,(H,23,28)(H,24,27)/t17-/m1/s1. The lowest BCUT2D eigenvalue weighted by atomic mass is 9.98. The van der Waals surface area contributed by atoms with Crippen LogP contribution < -0.4 is 20.1 Å². The third-order valence-corrected chi connectivity index (χ3v) is 5.50. The Balaban J connectivity index is 1.47. The molecule has 0 saturated carbocycles. The Kier molecular flexibility index (Phi) is 5.31. The van der Waals surface area contributed by atoms with Gasteiger partial charge in [-0.15, -0.1) is 0 Å². The Hall–Kier alpha value is -3.55. The van der Waals surface area contributed by atoms with Crippen LogP contribution >= 0.6 is 0 Å². The second kappa shape index (κ2) is 8.06. The van der Waals surface area contributed by atoms with Crippen molar-refractivity contribution in [3.8, 4) is 11.5 Å². The number of benzene rings is 2. The van der Waals surface area contributed by atoms with Crippen molar-refractivity contribution in [1.82, 2.24) is 10.2 Å². The van der Waals surface area contributed by atoms with Gasteiger partial charge < -0.3 is 25.0 Å². The van der Waals surface area contributed by atoms with Gasteiger partial charge in [-0.3, -0.25) is 14.4 Å². The fourth-order valence-corrected chi connectivity index (χ4v) is 3.86. The molecule has 2 aliphatic rings. The molecule has 30 heavy (non-hydrogen) atoms. The van der Waals surface area contributed by atoms with E-state index in [0.717, 1.165) is 11.1 Å². The summed E-state index contributed by atoms with van der Waals surface area (Å²) in [6.07, 6.45) is 0.574. The second-order valence-corrected chi connectivity index (χ2v) is 7.31. The number of hydrogen-bond donors (Lipinski definition) is 2. The Morgan fingerprint density at radius 2 is 1.80 bits per heavy atom. The van der Waals surface area contributed by atoms with Crippen LogP contribution in [0.1, 0.15) is 27.9 Å². The van der Waals surface area contributed by atoms with E-state index in [0.29, 0.717) is 42.3 Å². The maximum atomic E-state index is 12.9. The molecule has 0 aromatic heterocycles. The fraction of sp³-hybridized carbons (Fsp3) is 0.318. The number of nitrogens with zero attached hydrogens (tertiary/aromatic N) is 1. The number of rotatable bonds is 4. The summed E-state index contributed by atoms with van der Waals surface area (Å²) < 4.78 is 10.7. The predicted octanol–water partition coefficient (Wildman–Crippen LogP) is 1.73. The molecule has 0 fully saturated rings. The highest BCUT2D eigenvalue weighted by Gasteiger charge is 2.32. The number of ether oxygens (including phenoxy) is 2. The summed E-state index contributed by atoms with van der Waals surface area (Å²) in [7, 11) is 3.16. The summed E-state index contributed by atoms with van der Waals surface area (Å²) in [5.41, 5.74) is 2.92. The average Bonchev–Trinajstić information content (AvgIpc) is 2.88. The van der Waals surface area contributed by atoms with Gasteiger partial charge in [0.15, 0.2) is 11.5 Å². The van der Waals surface area contributed by atoms with E-state index in [9.17, 15) is 14.4 Å². The number of para-hydroxylation sites is 1. The maximum absolute atomic E-state index is 12.9. The quantitative estimate of drug-likeness (QED) is 0.802. The van der Waals surface area contributed by atoms with Crippen molar-refractivity contribution < 1.29 is 23.9 Å². The molecule has 0 unspecified atom stereocenters. The zero-order chi connectivity index (χ0) is 21.3. The molecule has 2 aromatic carbocycles. The first-order valence-corrected chi connectivity index (χ1v) is 9.72. The van der Waals surface area contributed by atoms with Gasteiger partial charge in [0.25, 0.3) is 5.91 Å². The minimum absolute atomic E-state index is 0.103. The monoisotopic (exact) mass is 409 g/mol. The molecule has 0 bridgehead atoms. The van der Waals surface area contributed by atoms with Crippen LogP contribution in [0, 0.1) is 0 Å². The van der Waals surface area contributed by atoms with Crippen molar-refractivity contribution in [2.75, 3.05) is 26.1 Å². The highest BCUT2D eigenvalue weighted by molar-refractivity contribution is 6.10. The fourth-order valence-electron chi connectivity index (χ4n) is 3.86. The van der Waals surface area contributed by atoms with E-state index in [1.807, 2.05) is 12.1 Å². The highest BCUT2D eigenvalue weighted by atomic mass is 16.5. The van der Waals surface area contributed by atoms with Crippen molar-refractivity contribution in [2.24, 2.45) is 0 Å². The van der Waals surface area contributed by atoms with Crippen LogP contribution in [-0.2, 0) is 22.6 Å². The molecule has 2 aliphatic heterocycles. The van der Waals surface area contributed by atoms with Crippen molar-refractivity contribution in [3.05, 3.63) is 53.1 Å². The molecule has 4 rings (SSSR count). The van der Waals surface area contributed by atoms with Gasteiger partial charge in [0.05, 0.1) is 31.9 Å². The number of methoxy groups -OCH3 is 2. The van der Waals surface area contributed by atoms with Crippen molar-refractivity contribution in [3.63, 3.8) is 0 Å². The SMILES string of the molecule is COc1cc2c(cc1OC)CN(C(=O)C[C@H]1NC(=O)c3ccccc3NC1=O)CC2. The third-order valence-electron chi connectivity index (χ3n) is 5.50. The van der Waals surface area contributed by atoms with Gasteiger partial charge in [-0.2, -0.15) is 0 Å². The first-order chi connectivity index (χ1) is 14.5. The smallest absolute Gasteiger partial charge is 0.254 e. The molecule has 2 heterocycles. The number of anilines is 1. The Morgan fingerprint density at radius 1 is 1.10 bits per heavy atom. The molecule has 8 nitrogen and oxygen atoms in total. The van der Waals surface area contributed by atoms with E-state index in [4.69, 9.17) is 9.47 Å². The minimum Gasteiger partial charge on any atom is -0.493 e. The van der Waals surface area contributed by atoms with Gasteiger partial charge in [-0.05, 0) is 41.8 Å². The van der Waals surface area contributed by atoms with Gasteiger partial charge in [-0.1, -0.05) is 12.1 Å². The molecule has 0 radical (unpaired) electrons. The zero-order valence-corrected chi connectivity index (χ0v) is 16.9. The predicted molar refractivity (Wildman–Crippen MR) is 110 cm³/mol. The average molecular weight is 409 g/mol. The number of nitrogens with one attached hydrogen (secondary N) is 2. The van der Waals surface area contributed by atoms with E-state index in [1.165, 1.54) is 0 Å². The van der Waals surface area contributed by atoms with Gasteiger partial charge in [-0.25, -0.2) is 0 Å². The Labute approximate surface area is 174 Å². The number of hydrogen-bond acceptors (Lipinski definition) is 5. The summed E-state index contributed by atoms with van der Waals surface area (Å²) in [6, 6.07) is 9.66. The molecule has 0 spiro atoms. The molecular weight excluding hydrogens is 386 g/mol. The summed E-state index contributed by atoms with van der Waals surface area (Å²) in [4.78, 5) is 39.7. The molecule has 2 N–H and O–H groups in total. The summed E-state index contributed by atoms with van der Waals surface area (Å²) >= 11 is 0. The lowest BCUT2D eigenvalue weighted by Crippen LogP contribution is -2.46.